The molecule has 0 saturated heterocycles. The summed E-state index contributed by atoms with van der Waals surface area (Å²) < 4.78 is 16.8. The number of rotatable bonds is 51. The first kappa shape index (κ1) is 61.4. The third kappa shape index (κ3) is 49.7. The Morgan fingerprint density at radius 1 is 0.333 bits per heavy atom. The molecule has 0 N–H and O–H groups in total. The van der Waals surface area contributed by atoms with Gasteiger partial charge < -0.3 is 14.2 Å². The summed E-state index contributed by atoms with van der Waals surface area (Å²) in [5, 5.41) is 0. The lowest BCUT2D eigenvalue weighted by Gasteiger charge is -2.18. The molecule has 0 aliphatic heterocycles. The fourth-order valence-electron chi connectivity index (χ4n) is 8.66. The Hall–Kier alpha value is -1.59. The highest BCUT2D eigenvalue weighted by atomic mass is 16.6. The normalized spacial score (nSPS) is 12.5. The number of hydrogen-bond donors (Lipinski definition) is 0. The van der Waals surface area contributed by atoms with Crippen LogP contribution in [0.15, 0.2) is 0 Å². The van der Waals surface area contributed by atoms with E-state index < -0.39 is 6.10 Å². The zero-order valence-electron chi connectivity index (χ0n) is 43.2. The molecule has 0 aromatic carbocycles. The van der Waals surface area contributed by atoms with Gasteiger partial charge in [0.1, 0.15) is 13.2 Å². The van der Waals surface area contributed by atoms with Crippen molar-refractivity contribution in [3.8, 4) is 0 Å². The van der Waals surface area contributed by atoms with Crippen LogP contribution in [0, 0.1) is 11.8 Å². The average molecular weight is 892 g/mol. The molecule has 374 valence electrons. The monoisotopic (exact) mass is 891 g/mol. The van der Waals surface area contributed by atoms with Gasteiger partial charge in [0.25, 0.3) is 0 Å². The molecule has 0 bridgehead atoms. The molecular formula is C57H110O6. The highest BCUT2D eigenvalue weighted by molar-refractivity contribution is 5.71. The summed E-state index contributed by atoms with van der Waals surface area (Å²) in [5.41, 5.74) is 0. The zero-order valence-corrected chi connectivity index (χ0v) is 43.2. The van der Waals surface area contributed by atoms with Gasteiger partial charge >= 0.3 is 17.9 Å². The van der Waals surface area contributed by atoms with E-state index >= 15 is 0 Å². The molecule has 1 unspecified atom stereocenters. The van der Waals surface area contributed by atoms with Gasteiger partial charge in [0.15, 0.2) is 6.10 Å². The molecule has 0 spiro atoms. The van der Waals surface area contributed by atoms with Crippen molar-refractivity contribution >= 4 is 17.9 Å². The van der Waals surface area contributed by atoms with Gasteiger partial charge in [0.2, 0.25) is 0 Å². The van der Waals surface area contributed by atoms with Crippen LogP contribution in [0.2, 0.25) is 0 Å². The first-order chi connectivity index (χ1) is 30.8. The van der Waals surface area contributed by atoms with Gasteiger partial charge in [0.05, 0.1) is 0 Å². The third-order valence-electron chi connectivity index (χ3n) is 13.3. The van der Waals surface area contributed by atoms with Crippen LogP contribution in [0.3, 0.4) is 0 Å². The van der Waals surface area contributed by atoms with E-state index in [2.05, 4.69) is 34.6 Å². The summed E-state index contributed by atoms with van der Waals surface area (Å²) in [6.45, 7) is 11.4. The van der Waals surface area contributed by atoms with Gasteiger partial charge in [-0.15, -0.1) is 0 Å². The van der Waals surface area contributed by atoms with E-state index in [0.29, 0.717) is 19.3 Å². The number of unbranched alkanes of at least 4 members (excludes halogenated alkanes) is 35. The minimum Gasteiger partial charge on any atom is -0.462 e. The lowest BCUT2D eigenvalue weighted by atomic mass is 9.99. The second-order valence-corrected chi connectivity index (χ2v) is 20.3. The van der Waals surface area contributed by atoms with Gasteiger partial charge in [-0.3, -0.25) is 14.4 Å². The lowest BCUT2D eigenvalue weighted by Crippen LogP contribution is -2.30. The van der Waals surface area contributed by atoms with Crippen LogP contribution < -0.4 is 0 Å². The maximum Gasteiger partial charge on any atom is 0.306 e. The van der Waals surface area contributed by atoms with E-state index in [4.69, 9.17) is 14.2 Å². The van der Waals surface area contributed by atoms with Crippen LogP contribution in [-0.2, 0) is 28.6 Å². The molecule has 0 saturated carbocycles. The van der Waals surface area contributed by atoms with E-state index in [0.717, 1.165) is 69.6 Å². The van der Waals surface area contributed by atoms with Crippen molar-refractivity contribution in [1.82, 2.24) is 0 Å². The van der Waals surface area contributed by atoms with Crippen LogP contribution in [0.4, 0.5) is 0 Å². The average Bonchev–Trinajstić information content (AvgIpc) is 3.27. The second-order valence-electron chi connectivity index (χ2n) is 20.3. The summed E-state index contributed by atoms with van der Waals surface area (Å²) in [6, 6.07) is 0. The van der Waals surface area contributed by atoms with Crippen LogP contribution in [0.5, 0.6) is 0 Å². The lowest BCUT2D eigenvalue weighted by molar-refractivity contribution is -0.167. The molecule has 0 radical (unpaired) electrons. The number of carbonyl (C=O) groups excluding carboxylic acids is 3. The first-order valence-electron chi connectivity index (χ1n) is 28.3. The Balaban J connectivity index is 4.18. The summed E-state index contributed by atoms with van der Waals surface area (Å²) >= 11 is 0. The number of esters is 3. The molecule has 0 fully saturated rings. The molecule has 63 heavy (non-hydrogen) atoms. The molecular weight excluding hydrogens is 781 g/mol. The fourth-order valence-corrected chi connectivity index (χ4v) is 8.66. The molecule has 0 amide bonds. The minimum absolute atomic E-state index is 0.0635. The molecule has 0 aliphatic rings. The molecule has 0 aliphatic carbocycles. The Morgan fingerprint density at radius 2 is 0.603 bits per heavy atom. The van der Waals surface area contributed by atoms with Crippen LogP contribution in [0.25, 0.3) is 0 Å². The standard InChI is InChI=1S/C57H110O6/c1-6-8-9-10-11-12-13-23-26-32-37-42-47-55(58)61-50-54(63-57(60)49-44-39-34-29-28-30-35-40-45-52(3)4)51-62-56(59)48-43-38-33-27-24-21-19-17-15-14-16-18-20-22-25-31-36-41-46-53(5)7-2/h52-54H,6-51H2,1-5H3/t53?,54-/m0/s1. The molecule has 0 rings (SSSR count). The van der Waals surface area contributed by atoms with Crippen molar-refractivity contribution in [3.63, 3.8) is 0 Å². The van der Waals surface area contributed by atoms with Gasteiger partial charge in [-0.05, 0) is 31.1 Å². The van der Waals surface area contributed by atoms with Crippen molar-refractivity contribution in [1.29, 1.82) is 0 Å². The summed E-state index contributed by atoms with van der Waals surface area (Å²) in [5.74, 6) is 0.858. The van der Waals surface area contributed by atoms with Crippen LogP contribution in [0.1, 0.15) is 317 Å². The number of ether oxygens (including phenoxy) is 3. The maximum atomic E-state index is 12.8. The molecule has 0 aromatic rings. The Kier molecular flexibility index (Phi) is 48.6. The van der Waals surface area contributed by atoms with Gasteiger partial charge in [0, 0.05) is 19.3 Å². The van der Waals surface area contributed by atoms with Crippen molar-refractivity contribution in [2.75, 3.05) is 13.2 Å². The van der Waals surface area contributed by atoms with Gasteiger partial charge in [-0.25, -0.2) is 0 Å². The second kappa shape index (κ2) is 49.8. The van der Waals surface area contributed by atoms with E-state index in [1.807, 2.05) is 0 Å². The van der Waals surface area contributed by atoms with E-state index in [1.165, 1.54) is 205 Å². The van der Waals surface area contributed by atoms with Crippen molar-refractivity contribution in [3.05, 3.63) is 0 Å². The largest absolute Gasteiger partial charge is 0.462 e. The smallest absolute Gasteiger partial charge is 0.306 e. The molecule has 0 aromatic heterocycles. The van der Waals surface area contributed by atoms with E-state index in [-0.39, 0.29) is 31.1 Å². The topological polar surface area (TPSA) is 78.9 Å². The third-order valence-corrected chi connectivity index (χ3v) is 13.3. The van der Waals surface area contributed by atoms with Crippen LogP contribution in [-0.4, -0.2) is 37.2 Å². The first-order valence-corrected chi connectivity index (χ1v) is 28.3. The number of hydrogen-bond acceptors (Lipinski definition) is 6. The molecule has 6 heteroatoms. The van der Waals surface area contributed by atoms with Crippen LogP contribution >= 0.6 is 0 Å². The maximum absolute atomic E-state index is 12.8. The quantitative estimate of drug-likeness (QED) is 0.0344. The summed E-state index contributed by atoms with van der Waals surface area (Å²) in [6.07, 6.45) is 52.4. The Bertz CT molecular complexity index is 964. The highest BCUT2D eigenvalue weighted by Gasteiger charge is 2.19. The van der Waals surface area contributed by atoms with E-state index in [1.54, 1.807) is 0 Å². The van der Waals surface area contributed by atoms with Crippen molar-refractivity contribution in [2.45, 2.75) is 323 Å². The fraction of sp³-hybridized carbons (Fsp3) is 0.947. The predicted octanol–water partition coefficient (Wildman–Crippen LogP) is 18.5. The Morgan fingerprint density at radius 3 is 0.905 bits per heavy atom. The van der Waals surface area contributed by atoms with Crippen molar-refractivity contribution in [2.24, 2.45) is 11.8 Å². The minimum atomic E-state index is -0.762. The molecule has 6 nitrogen and oxygen atoms in total. The summed E-state index contributed by atoms with van der Waals surface area (Å²) in [7, 11) is 0. The van der Waals surface area contributed by atoms with Gasteiger partial charge in [-0.1, -0.05) is 279 Å². The molecule has 0 heterocycles. The van der Waals surface area contributed by atoms with Crippen molar-refractivity contribution < 1.29 is 28.6 Å². The summed E-state index contributed by atoms with van der Waals surface area (Å²) in [4.78, 5) is 38.0. The van der Waals surface area contributed by atoms with E-state index in [9.17, 15) is 14.4 Å². The van der Waals surface area contributed by atoms with Gasteiger partial charge in [-0.2, -0.15) is 0 Å². The molecule has 2 atom stereocenters. The predicted molar refractivity (Wildman–Crippen MR) is 270 cm³/mol. The zero-order chi connectivity index (χ0) is 46.1. The number of carbonyl (C=O) groups is 3. The highest BCUT2D eigenvalue weighted by Crippen LogP contribution is 2.18. The Labute approximate surface area is 393 Å². The SMILES string of the molecule is CCCCCCCCCCCCCCC(=O)OC[C@@H](COC(=O)CCCCCCCCCCCCCCCCCCCCC(C)CC)OC(=O)CCCCCCCCCCC(C)C.